The zero-order valence-electron chi connectivity index (χ0n) is 39.9. The van der Waals surface area contributed by atoms with Gasteiger partial charge in [-0.25, -0.2) is 16.8 Å². The molecule has 0 aromatic heterocycles. The SMILES string of the molecule is CCO[Si](O)(CCCCCCSCCCc1cc2c(OCC(=O)NS(C)(=O)=O)c(c1)Cc1cccc(c1OC)Cc1cccc(c1OCC(=O)NS(C)(=O)=O)Cc1cccc(c1OC)C2)OCC. The summed E-state index contributed by atoms with van der Waals surface area (Å²) in [7, 11) is -7.53. The molecule has 0 saturated carbocycles. The predicted molar refractivity (Wildman–Crippen MR) is 267 cm³/mol. The van der Waals surface area contributed by atoms with Crippen LogP contribution in [0, 0.1) is 0 Å². The van der Waals surface area contributed by atoms with E-state index in [9.17, 15) is 31.2 Å². The van der Waals surface area contributed by atoms with Gasteiger partial charge in [0.2, 0.25) is 20.0 Å². The van der Waals surface area contributed by atoms with Crippen LogP contribution in [0.25, 0.3) is 0 Å². The summed E-state index contributed by atoms with van der Waals surface area (Å²) < 4.78 is 87.7. The molecule has 0 unspecified atom stereocenters. The number of hydrogen-bond donors (Lipinski definition) is 3. The number of benzene rings is 4. The quantitative estimate of drug-likeness (QED) is 0.0421. The van der Waals surface area contributed by atoms with Crippen LogP contribution in [-0.2, 0) is 70.6 Å². The standard InChI is InChI=1S/C49H66N2O13S3Si/c1-7-63-68(58,64-8-2)26-12-10-9-11-24-65-25-16-17-35-27-42-31-38-20-13-18-36(46(38)59-3)29-40-22-15-23-41(48(40)61-33-44(52)50-66(5,54)55)30-37-19-14-21-39(47(37)60-4)32-43(28-35)49(42)62-34-45(53)51-67(6,56)57/h13-15,18-23,27-28,58H,7-12,16-17,24-26,29-34H2,1-6H3,(H,50,52)(H,51,53). The number of thioether (sulfide) groups is 1. The maximum Gasteiger partial charge on any atom is 0.498 e. The molecule has 0 atom stereocenters. The molecule has 8 bridgehead atoms. The number of para-hydroxylation sites is 3. The maximum absolute atomic E-state index is 13.0. The first-order valence-corrected chi connectivity index (χ1v) is 29.7. The second-order valence-electron chi connectivity index (χ2n) is 16.7. The highest BCUT2D eigenvalue weighted by molar-refractivity contribution is 7.99. The van der Waals surface area contributed by atoms with Crippen molar-refractivity contribution >= 4 is 52.4 Å². The van der Waals surface area contributed by atoms with Crippen LogP contribution in [0.2, 0.25) is 6.04 Å². The number of unbranched alkanes of at least 4 members (excludes halogenated alkanes) is 3. The highest BCUT2D eigenvalue weighted by Crippen LogP contribution is 2.39. The van der Waals surface area contributed by atoms with Gasteiger partial charge in [-0.3, -0.25) is 19.0 Å². The Morgan fingerprint density at radius 3 is 1.38 bits per heavy atom. The Morgan fingerprint density at radius 2 is 0.971 bits per heavy atom. The third-order valence-corrected chi connectivity index (χ3v) is 15.9. The zero-order chi connectivity index (χ0) is 49.3. The van der Waals surface area contributed by atoms with Crippen LogP contribution in [0.1, 0.15) is 96.0 Å². The van der Waals surface area contributed by atoms with Crippen molar-refractivity contribution in [2.45, 2.75) is 84.1 Å². The predicted octanol–water partition coefficient (Wildman–Crippen LogP) is 6.52. The smallest absolute Gasteiger partial charge is 0.496 e. The Balaban J connectivity index is 1.49. The summed E-state index contributed by atoms with van der Waals surface area (Å²) in [6.45, 7) is 3.54. The minimum absolute atomic E-state index is 0.329. The van der Waals surface area contributed by atoms with Gasteiger partial charge in [0.05, 0.1) is 26.7 Å². The second kappa shape index (κ2) is 25.8. The molecule has 4 aromatic carbocycles. The summed E-state index contributed by atoms with van der Waals surface area (Å²) in [6.07, 6.45) is 8.84. The van der Waals surface area contributed by atoms with Crippen molar-refractivity contribution in [2.75, 3.05) is 64.7 Å². The molecule has 0 heterocycles. The van der Waals surface area contributed by atoms with E-state index in [1.165, 1.54) is 0 Å². The molecule has 5 rings (SSSR count). The Morgan fingerprint density at radius 1 is 0.588 bits per heavy atom. The van der Waals surface area contributed by atoms with E-state index < -0.39 is 53.9 Å². The van der Waals surface area contributed by atoms with Crippen molar-refractivity contribution in [2.24, 2.45) is 0 Å². The van der Waals surface area contributed by atoms with Gasteiger partial charge in [0.1, 0.15) is 23.0 Å². The number of hydrogen-bond acceptors (Lipinski definition) is 14. The van der Waals surface area contributed by atoms with Crippen LogP contribution in [0.4, 0.5) is 0 Å². The van der Waals surface area contributed by atoms with E-state index in [1.807, 2.05) is 89.7 Å². The Labute approximate surface area is 407 Å². The first-order chi connectivity index (χ1) is 32.4. The van der Waals surface area contributed by atoms with Crippen molar-refractivity contribution in [3.63, 3.8) is 0 Å². The lowest BCUT2D eigenvalue weighted by atomic mass is 9.90. The number of ether oxygens (including phenoxy) is 4. The number of nitrogens with one attached hydrogen (secondary N) is 2. The number of aryl methyl sites for hydroxylation is 1. The zero-order valence-corrected chi connectivity index (χ0v) is 43.4. The molecule has 0 radical (unpaired) electrons. The molecule has 0 aliphatic heterocycles. The fraction of sp³-hybridized carbons (Fsp3) is 0.469. The van der Waals surface area contributed by atoms with Crippen LogP contribution in [0.3, 0.4) is 0 Å². The minimum Gasteiger partial charge on any atom is -0.496 e. The third kappa shape index (κ3) is 16.8. The van der Waals surface area contributed by atoms with Crippen LogP contribution in [-0.4, -0.2) is 107 Å². The van der Waals surface area contributed by atoms with Crippen molar-refractivity contribution < 1.29 is 59.0 Å². The number of fused-ring (bicyclic) bond motifs is 8. The molecule has 0 spiro atoms. The van der Waals surface area contributed by atoms with Crippen molar-refractivity contribution in [3.05, 3.63) is 117 Å². The third-order valence-electron chi connectivity index (χ3n) is 11.1. The molecular weight excluding hydrogens is 949 g/mol. The summed E-state index contributed by atoms with van der Waals surface area (Å²) in [5.41, 5.74) is 7.41. The average molecular weight is 1020 g/mol. The van der Waals surface area contributed by atoms with Crippen molar-refractivity contribution in [1.82, 2.24) is 9.44 Å². The normalized spacial score (nSPS) is 12.8. The Hall–Kier alpha value is -4.63. The molecule has 1 aliphatic rings. The fourth-order valence-corrected chi connectivity index (χ4v) is 12.3. The number of rotatable bonds is 25. The molecule has 0 fully saturated rings. The highest BCUT2D eigenvalue weighted by atomic mass is 32.2. The molecule has 372 valence electrons. The Kier molecular flexibility index (Phi) is 20.6. The molecular formula is C49H66N2O13S3Si. The van der Waals surface area contributed by atoms with Crippen LogP contribution in [0.15, 0.2) is 66.7 Å². The van der Waals surface area contributed by atoms with E-state index >= 15 is 0 Å². The van der Waals surface area contributed by atoms with Gasteiger partial charge in [0.25, 0.3) is 11.8 Å². The van der Waals surface area contributed by atoms with Gasteiger partial charge < -0.3 is 32.6 Å². The largest absolute Gasteiger partial charge is 0.498 e. The lowest BCUT2D eigenvalue weighted by Crippen LogP contribution is -2.42. The van der Waals surface area contributed by atoms with Crippen LogP contribution < -0.4 is 28.4 Å². The fourth-order valence-electron chi connectivity index (χ4n) is 8.47. The molecule has 2 amide bonds. The van der Waals surface area contributed by atoms with E-state index in [0.717, 1.165) is 113 Å². The number of methoxy groups -OCH3 is 2. The molecule has 68 heavy (non-hydrogen) atoms. The summed E-state index contributed by atoms with van der Waals surface area (Å²) in [5, 5.41) is 0. The molecule has 1 aliphatic carbocycles. The van der Waals surface area contributed by atoms with Crippen molar-refractivity contribution in [1.29, 1.82) is 0 Å². The van der Waals surface area contributed by atoms with Gasteiger partial charge in [0, 0.05) is 44.9 Å². The molecule has 19 heteroatoms. The van der Waals surface area contributed by atoms with Gasteiger partial charge in [-0.05, 0) is 101 Å². The van der Waals surface area contributed by atoms with E-state index in [2.05, 4.69) is 12.1 Å². The number of amides is 2. The van der Waals surface area contributed by atoms with Gasteiger partial charge in [-0.15, -0.1) is 0 Å². The molecule has 3 N–H and O–H groups in total. The second-order valence-corrected chi connectivity index (χ2v) is 23.9. The molecule has 4 aromatic rings. The summed E-state index contributed by atoms with van der Waals surface area (Å²) in [5.74, 6) is 2.48. The Bertz CT molecular complexity index is 2470. The lowest BCUT2D eigenvalue weighted by Gasteiger charge is -2.22. The first kappa shape index (κ1) is 54.3. The monoisotopic (exact) mass is 1010 g/mol. The summed E-state index contributed by atoms with van der Waals surface area (Å²) in [4.78, 5) is 36.4. The van der Waals surface area contributed by atoms with Gasteiger partial charge in [-0.1, -0.05) is 79.6 Å². The van der Waals surface area contributed by atoms with E-state index in [4.69, 9.17) is 27.8 Å². The van der Waals surface area contributed by atoms with E-state index in [-0.39, 0.29) is 0 Å². The maximum atomic E-state index is 13.0. The van der Waals surface area contributed by atoms with Crippen molar-refractivity contribution in [3.8, 4) is 23.0 Å². The molecule has 15 nitrogen and oxygen atoms in total. The summed E-state index contributed by atoms with van der Waals surface area (Å²) >= 11 is 1.92. The highest BCUT2D eigenvalue weighted by Gasteiger charge is 2.35. The average Bonchev–Trinajstić information content (AvgIpc) is 3.25. The molecule has 0 saturated heterocycles. The van der Waals surface area contributed by atoms with Gasteiger partial charge in [0.15, 0.2) is 13.2 Å². The lowest BCUT2D eigenvalue weighted by molar-refractivity contribution is -0.122. The van der Waals surface area contributed by atoms with Crippen LogP contribution >= 0.6 is 11.8 Å². The first-order valence-electron chi connectivity index (χ1n) is 22.8. The summed E-state index contributed by atoms with van der Waals surface area (Å²) in [6, 6.07) is 22.1. The van der Waals surface area contributed by atoms with Crippen LogP contribution in [0.5, 0.6) is 23.0 Å². The van der Waals surface area contributed by atoms with Gasteiger partial charge in [-0.2, -0.15) is 11.8 Å². The van der Waals surface area contributed by atoms with E-state index in [0.29, 0.717) is 67.9 Å². The number of carbonyl (C=O) groups excluding carboxylic acids is 2. The topological polar surface area (TPSA) is 202 Å². The van der Waals surface area contributed by atoms with Gasteiger partial charge >= 0.3 is 8.80 Å². The van der Waals surface area contributed by atoms with E-state index in [1.54, 1.807) is 14.2 Å². The minimum atomic E-state index is -3.84. The number of sulfonamides is 2. The number of carbonyl (C=O) groups is 2.